The van der Waals surface area contributed by atoms with Crippen LogP contribution < -0.4 is 5.32 Å². The molecule has 4 fully saturated rings. The number of carboxylic acids is 1. The van der Waals surface area contributed by atoms with Crippen molar-refractivity contribution in [1.29, 1.82) is 0 Å². The molecule has 4 nitrogen and oxygen atoms in total. The largest absolute Gasteiger partial charge is 0.481 e. The minimum absolute atomic E-state index is 0.0719. The number of nitrogens with one attached hydrogen (secondary N) is 1. The Morgan fingerprint density at radius 1 is 0.950 bits per heavy atom. The average molecular weight is 279 g/mol. The minimum atomic E-state index is -0.891. The quantitative estimate of drug-likeness (QED) is 0.829. The molecule has 0 radical (unpaired) electrons. The maximum atomic E-state index is 12.3. The van der Waals surface area contributed by atoms with Crippen LogP contribution >= 0.6 is 0 Å². The summed E-state index contributed by atoms with van der Waals surface area (Å²) < 4.78 is 0. The van der Waals surface area contributed by atoms with Gasteiger partial charge in [0.1, 0.15) is 0 Å². The molecule has 4 bridgehead atoms. The summed E-state index contributed by atoms with van der Waals surface area (Å²) in [6, 6.07) is 0.304. The Hall–Kier alpha value is -1.06. The lowest BCUT2D eigenvalue weighted by Gasteiger charge is -2.54. The molecule has 2 atom stereocenters. The Morgan fingerprint density at radius 3 is 1.90 bits per heavy atom. The third-order valence-electron chi connectivity index (χ3n) is 6.09. The highest BCUT2D eigenvalue weighted by molar-refractivity contribution is 5.84. The first-order valence-corrected chi connectivity index (χ1v) is 7.99. The molecule has 0 aromatic heterocycles. The van der Waals surface area contributed by atoms with E-state index in [1.807, 2.05) is 0 Å². The number of rotatable bonds is 4. The predicted molar refractivity (Wildman–Crippen MR) is 74.9 cm³/mol. The normalized spacial score (nSPS) is 41.2. The Morgan fingerprint density at radius 2 is 1.45 bits per heavy atom. The summed E-state index contributed by atoms with van der Waals surface area (Å²) >= 11 is 0. The number of carboxylic acid groups (broad SMARTS) is 1. The zero-order valence-electron chi connectivity index (χ0n) is 12.3. The van der Waals surface area contributed by atoms with Crippen molar-refractivity contribution >= 4 is 11.9 Å². The van der Waals surface area contributed by atoms with Gasteiger partial charge < -0.3 is 10.4 Å². The highest BCUT2D eigenvalue weighted by atomic mass is 16.4. The Bertz CT molecular complexity index is 392. The predicted octanol–water partition coefficient (Wildman–Crippen LogP) is 2.28. The Balaban J connectivity index is 1.63. The summed E-state index contributed by atoms with van der Waals surface area (Å²) in [4.78, 5) is 23.3. The first-order chi connectivity index (χ1) is 9.45. The van der Waals surface area contributed by atoms with Gasteiger partial charge in [-0.2, -0.15) is 0 Å². The van der Waals surface area contributed by atoms with E-state index in [9.17, 15) is 9.59 Å². The smallest absolute Gasteiger partial charge is 0.307 e. The zero-order valence-corrected chi connectivity index (χ0v) is 12.3. The minimum Gasteiger partial charge on any atom is -0.481 e. The lowest BCUT2D eigenvalue weighted by atomic mass is 9.54. The maximum Gasteiger partial charge on any atom is 0.307 e. The van der Waals surface area contributed by atoms with Crippen LogP contribution in [0, 0.1) is 35.5 Å². The van der Waals surface area contributed by atoms with Gasteiger partial charge in [-0.05, 0) is 55.8 Å². The van der Waals surface area contributed by atoms with Gasteiger partial charge in [-0.15, -0.1) is 0 Å². The van der Waals surface area contributed by atoms with E-state index >= 15 is 0 Å². The molecule has 0 spiro atoms. The molecule has 0 heterocycles. The van der Waals surface area contributed by atoms with Gasteiger partial charge in [-0.3, -0.25) is 9.59 Å². The molecule has 2 N–H and O–H groups in total. The zero-order chi connectivity index (χ0) is 14.4. The molecule has 112 valence electrons. The van der Waals surface area contributed by atoms with Crippen molar-refractivity contribution in [3.05, 3.63) is 0 Å². The van der Waals surface area contributed by atoms with E-state index < -0.39 is 17.8 Å². The summed E-state index contributed by atoms with van der Waals surface area (Å²) in [7, 11) is 0. The SMILES string of the molecule is CC(C(=O)O)C(C)C(=O)NC1C2CC3CC(C2)CC1C3. The van der Waals surface area contributed by atoms with Gasteiger partial charge in [-0.1, -0.05) is 13.8 Å². The standard InChI is InChI=1S/C16H25NO3/c1-8(9(2)16(19)20)15(18)17-14-12-4-10-3-11(6-12)7-13(14)5-10/h8-14H,3-7H2,1-2H3,(H,17,18)(H,19,20). The fourth-order valence-corrected chi connectivity index (χ4v) is 4.90. The summed E-state index contributed by atoms with van der Waals surface area (Å²) in [6.45, 7) is 3.34. The number of amides is 1. The van der Waals surface area contributed by atoms with Crippen molar-refractivity contribution in [2.24, 2.45) is 35.5 Å². The van der Waals surface area contributed by atoms with Gasteiger partial charge in [0.25, 0.3) is 0 Å². The number of aliphatic carboxylic acids is 1. The van der Waals surface area contributed by atoms with Crippen LogP contribution in [0.3, 0.4) is 0 Å². The van der Waals surface area contributed by atoms with Gasteiger partial charge in [0.05, 0.1) is 5.92 Å². The first kappa shape index (κ1) is 13.9. The number of carbonyl (C=O) groups is 2. The van der Waals surface area contributed by atoms with Crippen LogP contribution in [0.4, 0.5) is 0 Å². The molecule has 1 amide bonds. The van der Waals surface area contributed by atoms with E-state index in [0.717, 1.165) is 11.8 Å². The van der Waals surface area contributed by atoms with E-state index in [1.54, 1.807) is 13.8 Å². The van der Waals surface area contributed by atoms with E-state index in [4.69, 9.17) is 5.11 Å². The van der Waals surface area contributed by atoms with Crippen LogP contribution in [0.2, 0.25) is 0 Å². The van der Waals surface area contributed by atoms with Crippen LogP contribution in [0.15, 0.2) is 0 Å². The lowest BCUT2D eigenvalue weighted by molar-refractivity contribution is -0.146. The van der Waals surface area contributed by atoms with Crippen LogP contribution in [-0.4, -0.2) is 23.0 Å². The van der Waals surface area contributed by atoms with Gasteiger partial charge >= 0.3 is 5.97 Å². The van der Waals surface area contributed by atoms with Gasteiger partial charge in [-0.25, -0.2) is 0 Å². The molecule has 0 aliphatic heterocycles. The van der Waals surface area contributed by atoms with Crippen molar-refractivity contribution in [2.75, 3.05) is 0 Å². The van der Waals surface area contributed by atoms with E-state index in [-0.39, 0.29) is 5.91 Å². The molecule has 0 saturated heterocycles. The highest BCUT2D eigenvalue weighted by Crippen LogP contribution is 2.53. The number of carbonyl (C=O) groups excluding carboxylic acids is 1. The molecule has 4 heteroatoms. The molecular weight excluding hydrogens is 254 g/mol. The third kappa shape index (κ3) is 2.33. The van der Waals surface area contributed by atoms with Gasteiger partial charge in [0, 0.05) is 12.0 Å². The second-order valence-corrected chi connectivity index (χ2v) is 7.38. The van der Waals surface area contributed by atoms with Crippen LogP contribution in [-0.2, 0) is 9.59 Å². The van der Waals surface area contributed by atoms with Crippen LogP contribution in [0.25, 0.3) is 0 Å². The second-order valence-electron chi connectivity index (χ2n) is 7.38. The molecule has 2 unspecified atom stereocenters. The van der Waals surface area contributed by atoms with Gasteiger partial charge in [0.15, 0.2) is 0 Å². The van der Waals surface area contributed by atoms with Crippen molar-refractivity contribution in [3.63, 3.8) is 0 Å². The summed E-state index contributed by atoms with van der Waals surface area (Å²) in [5, 5.41) is 12.2. The van der Waals surface area contributed by atoms with E-state index in [2.05, 4.69) is 5.32 Å². The molecule has 4 rings (SSSR count). The lowest BCUT2D eigenvalue weighted by Crippen LogP contribution is -2.57. The van der Waals surface area contributed by atoms with Crippen LogP contribution in [0.1, 0.15) is 46.0 Å². The van der Waals surface area contributed by atoms with Crippen molar-refractivity contribution in [1.82, 2.24) is 5.32 Å². The molecule has 4 saturated carbocycles. The van der Waals surface area contributed by atoms with Crippen molar-refractivity contribution < 1.29 is 14.7 Å². The molecule has 4 aliphatic rings. The van der Waals surface area contributed by atoms with Crippen molar-refractivity contribution in [2.45, 2.75) is 52.0 Å². The Kier molecular flexibility index (Phi) is 3.51. The summed E-state index contributed by atoms with van der Waals surface area (Å²) in [5.41, 5.74) is 0. The fourth-order valence-electron chi connectivity index (χ4n) is 4.90. The summed E-state index contributed by atoms with van der Waals surface area (Å²) in [6.07, 6.45) is 6.46. The van der Waals surface area contributed by atoms with E-state index in [0.29, 0.717) is 17.9 Å². The topological polar surface area (TPSA) is 66.4 Å². The average Bonchev–Trinajstić information content (AvgIpc) is 2.40. The third-order valence-corrected chi connectivity index (χ3v) is 6.09. The molecule has 0 aromatic carbocycles. The first-order valence-electron chi connectivity index (χ1n) is 7.99. The monoisotopic (exact) mass is 279 g/mol. The molecule has 4 aliphatic carbocycles. The van der Waals surface area contributed by atoms with Crippen LogP contribution in [0.5, 0.6) is 0 Å². The maximum absolute atomic E-state index is 12.3. The molecule has 0 aromatic rings. The second kappa shape index (κ2) is 5.05. The fraction of sp³-hybridized carbons (Fsp3) is 0.875. The highest BCUT2D eigenvalue weighted by Gasteiger charge is 2.48. The summed E-state index contributed by atoms with van der Waals surface area (Å²) in [5.74, 6) is 1.03. The van der Waals surface area contributed by atoms with E-state index in [1.165, 1.54) is 32.1 Å². The van der Waals surface area contributed by atoms with Crippen molar-refractivity contribution in [3.8, 4) is 0 Å². The number of hydrogen-bond donors (Lipinski definition) is 2. The van der Waals surface area contributed by atoms with Gasteiger partial charge in [0.2, 0.25) is 5.91 Å². The number of hydrogen-bond acceptors (Lipinski definition) is 2. The molecular formula is C16H25NO3. The molecule has 20 heavy (non-hydrogen) atoms. The Labute approximate surface area is 120 Å².